The molecule has 1 rings (SSSR count). The molecular formula is C8H16N2O2. The molecule has 0 aromatic heterocycles. The number of carboxylic acid groups (broad SMARTS) is 1. The molecule has 0 aliphatic carbocycles. The first-order valence-electron chi connectivity index (χ1n) is 4.25. The van der Waals surface area contributed by atoms with E-state index in [9.17, 15) is 4.79 Å². The van der Waals surface area contributed by atoms with Crippen LogP contribution in [-0.4, -0.2) is 48.2 Å². The first kappa shape index (κ1) is 9.48. The molecular weight excluding hydrogens is 156 g/mol. The smallest absolute Gasteiger partial charge is 0.304 e. The minimum absolute atomic E-state index is 0.145. The van der Waals surface area contributed by atoms with Crippen molar-refractivity contribution in [3.8, 4) is 0 Å². The van der Waals surface area contributed by atoms with Crippen LogP contribution in [0.2, 0.25) is 0 Å². The Kier molecular flexibility index (Phi) is 3.05. The van der Waals surface area contributed by atoms with Crippen LogP contribution in [0.1, 0.15) is 13.3 Å². The first-order valence-corrected chi connectivity index (χ1v) is 4.25. The van der Waals surface area contributed by atoms with Gasteiger partial charge in [0.15, 0.2) is 0 Å². The third-order valence-corrected chi connectivity index (χ3v) is 2.50. The van der Waals surface area contributed by atoms with Crippen molar-refractivity contribution in [2.24, 2.45) is 0 Å². The Labute approximate surface area is 72.6 Å². The summed E-state index contributed by atoms with van der Waals surface area (Å²) in [7, 11) is 1.99. The number of carbonyl (C=O) groups is 1. The summed E-state index contributed by atoms with van der Waals surface area (Å²) in [6.45, 7) is 3.83. The lowest BCUT2D eigenvalue weighted by molar-refractivity contribution is -0.138. The third-order valence-electron chi connectivity index (χ3n) is 2.50. The monoisotopic (exact) mass is 172 g/mol. The number of aliphatic carboxylic acids is 1. The van der Waals surface area contributed by atoms with Crippen molar-refractivity contribution >= 4 is 5.97 Å². The van der Waals surface area contributed by atoms with Gasteiger partial charge in [-0.25, -0.2) is 0 Å². The molecule has 1 fully saturated rings. The van der Waals surface area contributed by atoms with E-state index in [0.29, 0.717) is 6.04 Å². The van der Waals surface area contributed by atoms with E-state index >= 15 is 0 Å². The second-order valence-corrected chi connectivity index (χ2v) is 3.42. The summed E-state index contributed by atoms with van der Waals surface area (Å²) in [5, 5.41) is 11.8. The van der Waals surface area contributed by atoms with Crippen LogP contribution in [0.3, 0.4) is 0 Å². The average Bonchev–Trinajstić information content (AvgIpc) is 1.98. The van der Waals surface area contributed by atoms with Crippen molar-refractivity contribution in [1.82, 2.24) is 10.2 Å². The molecule has 0 spiro atoms. The van der Waals surface area contributed by atoms with Crippen LogP contribution in [0.15, 0.2) is 0 Å². The fourth-order valence-electron chi connectivity index (χ4n) is 1.52. The zero-order valence-corrected chi connectivity index (χ0v) is 7.58. The molecule has 1 saturated heterocycles. The highest BCUT2D eigenvalue weighted by Gasteiger charge is 2.25. The van der Waals surface area contributed by atoms with E-state index in [2.05, 4.69) is 17.1 Å². The van der Waals surface area contributed by atoms with Gasteiger partial charge in [0.1, 0.15) is 0 Å². The Balaban J connectivity index is 2.46. The van der Waals surface area contributed by atoms with Crippen molar-refractivity contribution in [3.63, 3.8) is 0 Å². The highest BCUT2D eigenvalue weighted by atomic mass is 16.4. The number of hydrogen-bond acceptors (Lipinski definition) is 3. The van der Waals surface area contributed by atoms with Crippen molar-refractivity contribution in [1.29, 1.82) is 0 Å². The summed E-state index contributed by atoms with van der Waals surface area (Å²) in [4.78, 5) is 12.6. The summed E-state index contributed by atoms with van der Waals surface area (Å²) in [5.41, 5.74) is 0. The number of carboxylic acids is 1. The van der Waals surface area contributed by atoms with E-state index < -0.39 is 5.97 Å². The molecule has 2 N–H and O–H groups in total. The van der Waals surface area contributed by atoms with Gasteiger partial charge in [-0.05, 0) is 14.0 Å². The largest absolute Gasteiger partial charge is 0.481 e. The number of rotatable bonds is 2. The molecule has 1 heterocycles. The minimum Gasteiger partial charge on any atom is -0.481 e. The van der Waals surface area contributed by atoms with Crippen molar-refractivity contribution < 1.29 is 9.90 Å². The molecule has 12 heavy (non-hydrogen) atoms. The number of nitrogens with zero attached hydrogens (tertiary/aromatic N) is 1. The maximum Gasteiger partial charge on any atom is 0.304 e. The van der Waals surface area contributed by atoms with Crippen LogP contribution >= 0.6 is 0 Å². The van der Waals surface area contributed by atoms with Gasteiger partial charge < -0.3 is 10.4 Å². The molecule has 0 saturated carbocycles. The number of nitrogens with one attached hydrogen (secondary N) is 1. The fourth-order valence-corrected chi connectivity index (χ4v) is 1.52. The Morgan fingerprint density at radius 1 is 1.67 bits per heavy atom. The predicted molar refractivity (Wildman–Crippen MR) is 46.1 cm³/mol. The number of likely N-dealkylation sites (N-methyl/N-ethyl adjacent to an activating group) is 1. The molecule has 0 bridgehead atoms. The van der Waals surface area contributed by atoms with Crippen molar-refractivity contribution in [3.05, 3.63) is 0 Å². The van der Waals surface area contributed by atoms with Gasteiger partial charge in [-0.1, -0.05) is 0 Å². The zero-order chi connectivity index (χ0) is 9.14. The number of piperazine rings is 1. The summed E-state index contributed by atoms with van der Waals surface area (Å²) < 4.78 is 0. The summed E-state index contributed by atoms with van der Waals surface area (Å²) in [5.74, 6) is -0.720. The maximum absolute atomic E-state index is 10.5. The van der Waals surface area contributed by atoms with Crippen LogP contribution in [0.4, 0.5) is 0 Å². The Morgan fingerprint density at radius 2 is 2.33 bits per heavy atom. The van der Waals surface area contributed by atoms with E-state index in [1.807, 2.05) is 7.05 Å². The normalized spacial score (nSPS) is 31.8. The van der Waals surface area contributed by atoms with E-state index in [1.165, 1.54) is 0 Å². The molecule has 0 aromatic rings. The Bertz CT molecular complexity index is 172. The maximum atomic E-state index is 10.5. The van der Waals surface area contributed by atoms with E-state index in [-0.39, 0.29) is 12.5 Å². The standard InChI is InChI=1S/C8H16N2O2/c1-6-4-9-5-7(10(6)2)3-8(11)12/h6-7,9H,3-5H2,1-2H3,(H,11,12)/t6-,7+/m0/s1. The van der Waals surface area contributed by atoms with Gasteiger partial charge in [0.25, 0.3) is 0 Å². The quantitative estimate of drug-likeness (QED) is 0.603. The van der Waals surface area contributed by atoms with Gasteiger partial charge in [-0.2, -0.15) is 0 Å². The van der Waals surface area contributed by atoms with Crippen LogP contribution in [0.25, 0.3) is 0 Å². The SMILES string of the molecule is C[C@H]1CNC[C@@H](CC(=O)O)N1C. The minimum atomic E-state index is -0.720. The molecule has 4 nitrogen and oxygen atoms in total. The van der Waals surface area contributed by atoms with Crippen LogP contribution in [0, 0.1) is 0 Å². The molecule has 2 atom stereocenters. The van der Waals surface area contributed by atoms with Crippen molar-refractivity contribution in [2.75, 3.05) is 20.1 Å². The second-order valence-electron chi connectivity index (χ2n) is 3.42. The molecule has 1 aliphatic rings. The molecule has 0 amide bonds. The van der Waals surface area contributed by atoms with E-state index in [4.69, 9.17) is 5.11 Å². The van der Waals surface area contributed by atoms with Crippen molar-refractivity contribution in [2.45, 2.75) is 25.4 Å². The summed E-state index contributed by atoms with van der Waals surface area (Å²) in [6.07, 6.45) is 0.230. The van der Waals surface area contributed by atoms with Gasteiger partial charge in [0.05, 0.1) is 6.42 Å². The van der Waals surface area contributed by atoms with Crippen LogP contribution < -0.4 is 5.32 Å². The fraction of sp³-hybridized carbons (Fsp3) is 0.875. The van der Waals surface area contributed by atoms with E-state index in [0.717, 1.165) is 13.1 Å². The Hall–Kier alpha value is -0.610. The third kappa shape index (κ3) is 2.19. The van der Waals surface area contributed by atoms with Gasteiger partial charge in [0.2, 0.25) is 0 Å². The zero-order valence-electron chi connectivity index (χ0n) is 7.58. The van der Waals surface area contributed by atoms with Gasteiger partial charge in [0, 0.05) is 25.2 Å². The summed E-state index contributed by atoms with van der Waals surface area (Å²) >= 11 is 0. The molecule has 70 valence electrons. The molecule has 0 aromatic carbocycles. The highest BCUT2D eigenvalue weighted by molar-refractivity contribution is 5.67. The average molecular weight is 172 g/mol. The van der Waals surface area contributed by atoms with Gasteiger partial charge >= 0.3 is 5.97 Å². The molecule has 0 radical (unpaired) electrons. The topological polar surface area (TPSA) is 52.6 Å². The summed E-state index contributed by atoms with van der Waals surface area (Å²) in [6, 6.07) is 0.578. The van der Waals surface area contributed by atoms with Crippen LogP contribution in [0.5, 0.6) is 0 Å². The van der Waals surface area contributed by atoms with Gasteiger partial charge in [-0.15, -0.1) is 0 Å². The molecule has 1 aliphatic heterocycles. The van der Waals surface area contributed by atoms with Crippen LogP contribution in [-0.2, 0) is 4.79 Å². The van der Waals surface area contributed by atoms with E-state index in [1.54, 1.807) is 0 Å². The van der Waals surface area contributed by atoms with Gasteiger partial charge in [-0.3, -0.25) is 9.69 Å². The lowest BCUT2D eigenvalue weighted by atomic mass is 10.1. The predicted octanol–water partition coefficient (Wildman–Crippen LogP) is -0.247. The second kappa shape index (κ2) is 3.87. The Morgan fingerprint density at radius 3 is 2.92 bits per heavy atom. The molecule has 0 unspecified atom stereocenters. The lowest BCUT2D eigenvalue weighted by Gasteiger charge is -2.37. The lowest BCUT2D eigenvalue weighted by Crippen LogP contribution is -2.54. The first-order chi connectivity index (χ1) is 5.61. The number of hydrogen-bond donors (Lipinski definition) is 2. The highest BCUT2D eigenvalue weighted by Crippen LogP contribution is 2.09. The molecule has 4 heteroatoms.